The summed E-state index contributed by atoms with van der Waals surface area (Å²) in [6.45, 7) is 4.13. The molecule has 0 aliphatic rings. The molecular weight excluding hydrogens is 260 g/mol. The van der Waals surface area contributed by atoms with Crippen molar-refractivity contribution in [3.05, 3.63) is 58.1 Å². The smallest absolute Gasteiger partial charge is 0.134 e. The van der Waals surface area contributed by atoms with Crippen molar-refractivity contribution >= 4 is 23.5 Å². The topological polar surface area (TPSA) is 44.6 Å². The van der Waals surface area contributed by atoms with E-state index >= 15 is 0 Å². The first kappa shape index (κ1) is 13.4. The maximum Gasteiger partial charge on any atom is 0.134 e. The van der Waals surface area contributed by atoms with Gasteiger partial charge in [-0.05, 0) is 60.9 Å². The van der Waals surface area contributed by atoms with Crippen LogP contribution >= 0.6 is 11.6 Å². The number of halogens is 1. The van der Waals surface area contributed by atoms with Gasteiger partial charge in [0.05, 0.1) is 16.9 Å². The van der Waals surface area contributed by atoms with Crippen LogP contribution in [-0.2, 0) is 0 Å². The summed E-state index contributed by atoms with van der Waals surface area (Å²) in [6.07, 6.45) is 1.65. The van der Waals surface area contributed by atoms with E-state index in [-0.39, 0.29) is 5.75 Å². The van der Waals surface area contributed by atoms with Crippen molar-refractivity contribution in [3.8, 4) is 5.75 Å². The number of nitrogens with one attached hydrogen (secondary N) is 1. The van der Waals surface area contributed by atoms with Gasteiger partial charge in [0.2, 0.25) is 0 Å². The molecule has 19 heavy (non-hydrogen) atoms. The average Bonchev–Trinajstić information content (AvgIpc) is 2.38. The summed E-state index contributed by atoms with van der Waals surface area (Å²) in [4.78, 5) is 0. The molecule has 0 amide bonds. The minimum absolute atomic E-state index is 0.0703. The number of aromatic hydroxyl groups is 1. The van der Waals surface area contributed by atoms with E-state index < -0.39 is 0 Å². The number of hydrogen-bond acceptors (Lipinski definition) is 3. The molecule has 0 bridgehead atoms. The van der Waals surface area contributed by atoms with E-state index in [0.29, 0.717) is 5.02 Å². The van der Waals surface area contributed by atoms with Crippen LogP contribution in [0.25, 0.3) is 0 Å². The molecule has 0 radical (unpaired) electrons. The van der Waals surface area contributed by atoms with Crippen LogP contribution in [0.5, 0.6) is 5.75 Å². The number of phenols is 1. The molecule has 0 fully saturated rings. The summed E-state index contributed by atoms with van der Waals surface area (Å²) in [6, 6.07) is 11.0. The van der Waals surface area contributed by atoms with Crippen LogP contribution in [0.4, 0.5) is 5.69 Å². The molecule has 0 aliphatic carbocycles. The number of hydrazone groups is 1. The van der Waals surface area contributed by atoms with E-state index in [1.165, 1.54) is 11.1 Å². The monoisotopic (exact) mass is 274 g/mol. The minimum Gasteiger partial charge on any atom is -0.506 e. The van der Waals surface area contributed by atoms with Crippen molar-refractivity contribution in [1.29, 1.82) is 0 Å². The average molecular weight is 275 g/mol. The molecule has 2 rings (SSSR count). The van der Waals surface area contributed by atoms with E-state index in [0.717, 1.165) is 11.3 Å². The normalized spacial score (nSPS) is 10.9. The Morgan fingerprint density at radius 2 is 1.89 bits per heavy atom. The van der Waals surface area contributed by atoms with Crippen molar-refractivity contribution < 1.29 is 5.11 Å². The lowest BCUT2D eigenvalue weighted by Gasteiger charge is -2.04. The van der Waals surface area contributed by atoms with Crippen LogP contribution in [0, 0.1) is 13.8 Å². The predicted octanol–water partition coefficient (Wildman–Crippen LogP) is 4.11. The van der Waals surface area contributed by atoms with Crippen LogP contribution in [-0.4, -0.2) is 11.3 Å². The molecule has 98 valence electrons. The Labute approximate surface area is 117 Å². The van der Waals surface area contributed by atoms with Crippen LogP contribution in [0.2, 0.25) is 5.02 Å². The van der Waals surface area contributed by atoms with Crippen LogP contribution < -0.4 is 5.43 Å². The molecule has 0 spiro atoms. The Kier molecular flexibility index (Phi) is 4.07. The van der Waals surface area contributed by atoms with Gasteiger partial charge in [0, 0.05) is 0 Å². The molecule has 0 aromatic heterocycles. The number of aryl methyl sites for hydroxylation is 2. The van der Waals surface area contributed by atoms with Gasteiger partial charge in [0.1, 0.15) is 5.75 Å². The first-order chi connectivity index (χ1) is 9.06. The van der Waals surface area contributed by atoms with Crippen molar-refractivity contribution in [1.82, 2.24) is 0 Å². The van der Waals surface area contributed by atoms with Crippen LogP contribution in [0.3, 0.4) is 0 Å². The van der Waals surface area contributed by atoms with Gasteiger partial charge in [0.25, 0.3) is 0 Å². The van der Waals surface area contributed by atoms with E-state index in [9.17, 15) is 5.11 Å². The van der Waals surface area contributed by atoms with Gasteiger partial charge < -0.3 is 5.11 Å². The molecule has 0 aliphatic heterocycles. The molecule has 0 unspecified atom stereocenters. The van der Waals surface area contributed by atoms with Gasteiger partial charge in [-0.1, -0.05) is 17.7 Å². The molecular formula is C15H15ClN2O. The first-order valence-corrected chi connectivity index (χ1v) is 6.29. The van der Waals surface area contributed by atoms with E-state index in [2.05, 4.69) is 24.4 Å². The number of hydrogen-bond donors (Lipinski definition) is 2. The molecule has 2 aromatic carbocycles. The lowest BCUT2D eigenvalue weighted by atomic mass is 10.1. The SMILES string of the molecule is Cc1ccc(NN=Cc2ccc(O)c(Cl)c2)cc1C. The maximum atomic E-state index is 9.31. The summed E-state index contributed by atoms with van der Waals surface area (Å²) in [5.41, 5.74) is 7.18. The fraction of sp³-hybridized carbons (Fsp3) is 0.133. The van der Waals surface area contributed by atoms with Gasteiger partial charge in [-0.3, -0.25) is 5.43 Å². The third-order valence-corrected chi connectivity index (χ3v) is 3.19. The largest absolute Gasteiger partial charge is 0.506 e. The van der Waals surface area contributed by atoms with Crippen LogP contribution in [0.1, 0.15) is 16.7 Å². The van der Waals surface area contributed by atoms with E-state index in [1.807, 2.05) is 18.2 Å². The van der Waals surface area contributed by atoms with Crippen molar-refractivity contribution in [2.24, 2.45) is 5.10 Å². The molecule has 0 atom stereocenters. The quantitative estimate of drug-likeness (QED) is 0.653. The third kappa shape index (κ3) is 3.48. The number of anilines is 1. The van der Waals surface area contributed by atoms with Gasteiger partial charge in [0.15, 0.2) is 0 Å². The summed E-state index contributed by atoms with van der Waals surface area (Å²) in [7, 11) is 0. The highest BCUT2D eigenvalue weighted by atomic mass is 35.5. The zero-order chi connectivity index (χ0) is 13.8. The van der Waals surface area contributed by atoms with Crippen molar-refractivity contribution in [2.75, 3.05) is 5.43 Å². The Morgan fingerprint density at radius 3 is 2.58 bits per heavy atom. The number of phenolic OH excluding ortho intramolecular Hbond substituents is 1. The number of benzene rings is 2. The van der Waals surface area contributed by atoms with Crippen molar-refractivity contribution in [2.45, 2.75) is 13.8 Å². The first-order valence-electron chi connectivity index (χ1n) is 5.91. The second-order valence-corrected chi connectivity index (χ2v) is 4.79. The molecule has 2 N–H and O–H groups in total. The number of nitrogens with zero attached hydrogens (tertiary/aromatic N) is 1. The highest BCUT2D eigenvalue weighted by molar-refractivity contribution is 6.32. The third-order valence-electron chi connectivity index (χ3n) is 2.89. The highest BCUT2D eigenvalue weighted by Crippen LogP contribution is 2.22. The van der Waals surface area contributed by atoms with E-state index in [1.54, 1.807) is 24.4 Å². The Bertz CT molecular complexity index is 624. The fourth-order valence-electron chi connectivity index (χ4n) is 1.60. The molecule has 0 heterocycles. The number of rotatable bonds is 3. The molecule has 3 nitrogen and oxygen atoms in total. The fourth-order valence-corrected chi connectivity index (χ4v) is 1.78. The lowest BCUT2D eigenvalue weighted by Crippen LogP contribution is -1.92. The maximum absolute atomic E-state index is 9.31. The molecule has 4 heteroatoms. The zero-order valence-corrected chi connectivity index (χ0v) is 11.6. The summed E-state index contributed by atoms with van der Waals surface area (Å²) >= 11 is 5.82. The summed E-state index contributed by atoms with van der Waals surface area (Å²) < 4.78 is 0. The van der Waals surface area contributed by atoms with Crippen molar-refractivity contribution in [3.63, 3.8) is 0 Å². The lowest BCUT2D eigenvalue weighted by molar-refractivity contribution is 0.475. The van der Waals surface area contributed by atoms with Gasteiger partial charge in [-0.15, -0.1) is 0 Å². The van der Waals surface area contributed by atoms with Gasteiger partial charge in [-0.25, -0.2) is 0 Å². The second-order valence-electron chi connectivity index (χ2n) is 4.38. The zero-order valence-electron chi connectivity index (χ0n) is 10.8. The predicted molar refractivity (Wildman–Crippen MR) is 80.2 cm³/mol. The second kappa shape index (κ2) is 5.76. The van der Waals surface area contributed by atoms with Gasteiger partial charge >= 0.3 is 0 Å². The Hall–Kier alpha value is -2.00. The van der Waals surface area contributed by atoms with Crippen LogP contribution in [0.15, 0.2) is 41.5 Å². The van der Waals surface area contributed by atoms with Gasteiger partial charge in [-0.2, -0.15) is 5.10 Å². The summed E-state index contributed by atoms with van der Waals surface area (Å²) in [5.74, 6) is 0.0703. The summed E-state index contributed by atoms with van der Waals surface area (Å²) in [5, 5.41) is 13.8. The molecule has 2 aromatic rings. The Balaban J connectivity index is 2.06. The van der Waals surface area contributed by atoms with E-state index in [4.69, 9.17) is 11.6 Å². The minimum atomic E-state index is 0.0703. The molecule has 0 saturated heterocycles. The standard InChI is InChI=1S/C15H15ClN2O/c1-10-3-5-13(7-11(10)2)18-17-9-12-4-6-15(19)14(16)8-12/h3-9,18-19H,1-2H3. The molecule has 0 saturated carbocycles. The Morgan fingerprint density at radius 1 is 1.11 bits per heavy atom. The highest BCUT2D eigenvalue weighted by Gasteiger charge is 1.98.